The van der Waals surface area contributed by atoms with Gasteiger partial charge in [-0.15, -0.1) is 0 Å². The van der Waals surface area contributed by atoms with E-state index in [1.165, 1.54) is 4.90 Å². The van der Waals surface area contributed by atoms with Gasteiger partial charge in [-0.3, -0.25) is 10.00 Å². The van der Waals surface area contributed by atoms with Crippen molar-refractivity contribution in [3.8, 4) is 0 Å². The highest BCUT2D eigenvalue weighted by atomic mass is 16.4. The number of likely N-dealkylation sites (tertiary alicyclic amines) is 1. The van der Waals surface area contributed by atoms with E-state index in [-0.39, 0.29) is 5.92 Å². The van der Waals surface area contributed by atoms with Crippen molar-refractivity contribution in [2.75, 3.05) is 11.9 Å². The van der Waals surface area contributed by atoms with Crippen molar-refractivity contribution in [2.45, 2.75) is 25.8 Å². The standard InChI is InChI=1S/C12H18N4O3/c1-8-4-3-6-16(10(8)11(17)18)12(19)13-9-5-7-15(2)14-9/h5,7-8,10H,3-4,6H2,1-2H3,(H,17,18)(H,13,14,19). The molecule has 7 nitrogen and oxygen atoms in total. The van der Waals surface area contributed by atoms with Crippen LogP contribution in [-0.4, -0.2) is 44.4 Å². The molecule has 1 aromatic rings. The van der Waals surface area contributed by atoms with Gasteiger partial charge in [-0.05, 0) is 18.8 Å². The molecule has 1 aliphatic heterocycles. The molecular weight excluding hydrogens is 248 g/mol. The first-order valence-corrected chi connectivity index (χ1v) is 6.29. The molecule has 1 fully saturated rings. The minimum absolute atomic E-state index is 0.0410. The molecular formula is C12H18N4O3. The minimum Gasteiger partial charge on any atom is -0.480 e. The number of urea groups is 1. The van der Waals surface area contributed by atoms with Gasteiger partial charge in [0.1, 0.15) is 6.04 Å². The summed E-state index contributed by atoms with van der Waals surface area (Å²) in [5.41, 5.74) is 0. The summed E-state index contributed by atoms with van der Waals surface area (Å²) in [6.45, 7) is 2.32. The number of amides is 2. The number of carboxylic acid groups (broad SMARTS) is 1. The number of hydrogen-bond acceptors (Lipinski definition) is 3. The minimum atomic E-state index is -0.955. The average molecular weight is 266 g/mol. The number of carbonyl (C=O) groups excluding carboxylic acids is 1. The van der Waals surface area contributed by atoms with Crippen LogP contribution in [0.25, 0.3) is 0 Å². The van der Waals surface area contributed by atoms with Gasteiger partial charge < -0.3 is 10.0 Å². The summed E-state index contributed by atoms with van der Waals surface area (Å²) in [7, 11) is 1.75. The maximum atomic E-state index is 12.1. The summed E-state index contributed by atoms with van der Waals surface area (Å²) in [5, 5.41) is 15.9. The molecule has 0 bridgehead atoms. The first-order chi connectivity index (χ1) is 8.99. The number of carbonyl (C=O) groups is 2. The maximum absolute atomic E-state index is 12.1. The van der Waals surface area contributed by atoms with E-state index in [0.717, 1.165) is 12.8 Å². The van der Waals surface area contributed by atoms with Crippen LogP contribution in [0.3, 0.4) is 0 Å². The zero-order valence-electron chi connectivity index (χ0n) is 11.0. The number of hydrogen-bond donors (Lipinski definition) is 2. The molecule has 0 aromatic carbocycles. The van der Waals surface area contributed by atoms with Crippen molar-refractivity contribution >= 4 is 17.8 Å². The Bertz CT molecular complexity index is 485. The van der Waals surface area contributed by atoms with Crippen LogP contribution in [0, 0.1) is 5.92 Å². The molecule has 1 aliphatic rings. The quantitative estimate of drug-likeness (QED) is 0.840. The monoisotopic (exact) mass is 266 g/mol. The van der Waals surface area contributed by atoms with Crippen LogP contribution in [0.15, 0.2) is 12.3 Å². The van der Waals surface area contributed by atoms with E-state index < -0.39 is 18.0 Å². The van der Waals surface area contributed by atoms with Crippen LogP contribution in [0.2, 0.25) is 0 Å². The second-order valence-corrected chi connectivity index (χ2v) is 4.90. The Balaban J connectivity index is 2.09. The van der Waals surface area contributed by atoms with E-state index in [1.54, 1.807) is 24.0 Å². The third-order valence-electron chi connectivity index (χ3n) is 3.40. The number of anilines is 1. The van der Waals surface area contributed by atoms with Crippen molar-refractivity contribution in [3.05, 3.63) is 12.3 Å². The number of nitrogens with zero attached hydrogens (tertiary/aromatic N) is 3. The Labute approximate surface area is 111 Å². The van der Waals surface area contributed by atoms with Gasteiger partial charge in [0.25, 0.3) is 0 Å². The largest absolute Gasteiger partial charge is 0.480 e. The Hall–Kier alpha value is -2.05. The number of piperidine rings is 1. The van der Waals surface area contributed by atoms with Gasteiger partial charge in [-0.25, -0.2) is 9.59 Å². The zero-order chi connectivity index (χ0) is 14.0. The summed E-state index contributed by atoms with van der Waals surface area (Å²) in [6.07, 6.45) is 3.36. The summed E-state index contributed by atoms with van der Waals surface area (Å²) in [5.74, 6) is -0.570. The van der Waals surface area contributed by atoms with Gasteiger partial charge in [-0.2, -0.15) is 5.10 Å². The topological polar surface area (TPSA) is 87.5 Å². The summed E-state index contributed by atoms with van der Waals surface area (Å²) < 4.78 is 1.57. The Morgan fingerprint density at radius 1 is 1.53 bits per heavy atom. The molecule has 0 spiro atoms. The SMILES string of the molecule is CC1CCCN(C(=O)Nc2ccn(C)n2)C1C(=O)O. The van der Waals surface area contributed by atoms with Crippen LogP contribution in [0.1, 0.15) is 19.8 Å². The molecule has 19 heavy (non-hydrogen) atoms. The first kappa shape index (κ1) is 13.4. The lowest BCUT2D eigenvalue weighted by Crippen LogP contribution is -2.53. The van der Waals surface area contributed by atoms with Gasteiger partial charge in [0.2, 0.25) is 0 Å². The lowest BCUT2D eigenvalue weighted by atomic mass is 9.91. The molecule has 0 aliphatic carbocycles. The van der Waals surface area contributed by atoms with Crippen molar-refractivity contribution in [2.24, 2.45) is 13.0 Å². The van der Waals surface area contributed by atoms with Gasteiger partial charge in [0.05, 0.1) is 0 Å². The Morgan fingerprint density at radius 3 is 2.84 bits per heavy atom. The number of aliphatic carboxylic acids is 1. The van der Waals surface area contributed by atoms with Gasteiger partial charge in [-0.1, -0.05) is 6.92 Å². The number of rotatable bonds is 2. The Morgan fingerprint density at radius 2 is 2.26 bits per heavy atom. The summed E-state index contributed by atoms with van der Waals surface area (Å²) >= 11 is 0. The number of aromatic nitrogens is 2. The summed E-state index contributed by atoms with van der Waals surface area (Å²) in [4.78, 5) is 24.8. The third kappa shape index (κ3) is 2.86. The van der Waals surface area contributed by atoms with Crippen LogP contribution in [0.5, 0.6) is 0 Å². The first-order valence-electron chi connectivity index (χ1n) is 6.29. The molecule has 0 radical (unpaired) electrons. The molecule has 2 N–H and O–H groups in total. The predicted molar refractivity (Wildman–Crippen MR) is 68.8 cm³/mol. The van der Waals surface area contributed by atoms with Crippen LogP contribution >= 0.6 is 0 Å². The molecule has 2 rings (SSSR count). The lowest BCUT2D eigenvalue weighted by Gasteiger charge is -2.36. The number of carboxylic acids is 1. The van der Waals surface area contributed by atoms with E-state index >= 15 is 0 Å². The van der Waals surface area contributed by atoms with Crippen LogP contribution < -0.4 is 5.32 Å². The van der Waals surface area contributed by atoms with E-state index in [1.807, 2.05) is 6.92 Å². The second-order valence-electron chi connectivity index (χ2n) is 4.90. The van der Waals surface area contributed by atoms with E-state index in [0.29, 0.717) is 12.4 Å². The molecule has 0 saturated carbocycles. The summed E-state index contributed by atoms with van der Waals surface area (Å²) in [6, 6.07) is 0.497. The third-order valence-corrected chi connectivity index (χ3v) is 3.40. The smallest absolute Gasteiger partial charge is 0.326 e. The molecule has 104 valence electrons. The van der Waals surface area contributed by atoms with Crippen molar-refractivity contribution < 1.29 is 14.7 Å². The number of aryl methyl sites for hydroxylation is 1. The highest BCUT2D eigenvalue weighted by Gasteiger charge is 2.37. The average Bonchev–Trinajstić information content (AvgIpc) is 2.73. The highest BCUT2D eigenvalue weighted by Crippen LogP contribution is 2.24. The number of nitrogens with one attached hydrogen (secondary N) is 1. The molecule has 2 unspecified atom stereocenters. The molecule has 2 atom stereocenters. The van der Waals surface area contributed by atoms with Crippen molar-refractivity contribution in [3.63, 3.8) is 0 Å². The normalized spacial score (nSPS) is 23.2. The fourth-order valence-corrected chi connectivity index (χ4v) is 2.46. The predicted octanol–water partition coefficient (Wildman–Crippen LogP) is 1.14. The highest BCUT2D eigenvalue weighted by molar-refractivity contribution is 5.91. The molecule has 1 saturated heterocycles. The molecule has 1 aromatic heterocycles. The van der Waals surface area contributed by atoms with Crippen molar-refractivity contribution in [1.29, 1.82) is 0 Å². The molecule has 2 heterocycles. The zero-order valence-corrected chi connectivity index (χ0v) is 11.0. The Kier molecular flexibility index (Phi) is 3.73. The fourth-order valence-electron chi connectivity index (χ4n) is 2.46. The molecule has 2 amide bonds. The van der Waals surface area contributed by atoms with Crippen molar-refractivity contribution in [1.82, 2.24) is 14.7 Å². The van der Waals surface area contributed by atoms with Gasteiger partial charge in [0, 0.05) is 25.9 Å². The van der Waals surface area contributed by atoms with Gasteiger partial charge >= 0.3 is 12.0 Å². The maximum Gasteiger partial charge on any atom is 0.326 e. The van der Waals surface area contributed by atoms with E-state index in [9.17, 15) is 14.7 Å². The van der Waals surface area contributed by atoms with Gasteiger partial charge in [0.15, 0.2) is 5.82 Å². The van der Waals surface area contributed by atoms with E-state index in [4.69, 9.17) is 0 Å². The lowest BCUT2D eigenvalue weighted by molar-refractivity contribution is -0.145. The molecule has 7 heteroatoms. The van der Waals surface area contributed by atoms with Crippen LogP contribution in [0.4, 0.5) is 10.6 Å². The fraction of sp³-hybridized carbons (Fsp3) is 0.583. The van der Waals surface area contributed by atoms with Crippen LogP contribution in [-0.2, 0) is 11.8 Å². The second kappa shape index (κ2) is 5.29. The van der Waals surface area contributed by atoms with E-state index in [2.05, 4.69) is 10.4 Å².